The molecule has 15 heavy (non-hydrogen) atoms. The molecule has 1 aliphatic heterocycles. The minimum absolute atomic E-state index is 0.143. The molecule has 0 N–H and O–H groups in total. The lowest BCUT2D eigenvalue weighted by molar-refractivity contribution is -0.122. The normalized spacial score (nSPS) is 16.5. The first-order valence-corrected chi connectivity index (χ1v) is 6.34. The largest absolute Gasteiger partial charge is 0.288 e. The summed E-state index contributed by atoms with van der Waals surface area (Å²) < 4.78 is 0. The number of carbonyl (C=O) groups excluding carboxylic acids is 2. The minimum Gasteiger partial charge on any atom is -0.269 e. The van der Waals surface area contributed by atoms with E-state index < -0.39 is 0 Å². The summed E-state index contributed by atoms with van der Waals surface area (Å²) in [6.45, 7) is 0.525. The van der Waals surface area contributed by atoms with Crippen molar-refractivity contribution in [1.29, 1.82) is 0 Å². The summed E-state index contributed by atoms with van der Waals surface area (Å²) in [6.07, 6.45) is 3.19. The lowest BCUT2D eigenvalue weighted by Gasteiger charge is -2.08. The average Bonchev–Trinajstić information content (AvgIpc) is 2.84. The molecule has 0 bridgehead atoms. The molecule has 0 atom stereocenters. The van der Waals surface area contributed by atoms with Crippen molar-refractivity contribution < 1.29 is 9.59 Å². The Morgan fingerprint density at radius 2 is 2.40 bits per heavy atom. The standard InChI is InChI=1S/C10H9NO2S2/c12-9(11-5-7-15-10(11)13)4-3-8-2-1-6-14-8/h1-4,6H,5,7H2. The highest BCUT2D eigenvalue weighted by atomic mass is 32.2. The lowest BCUT2D eigenvalue weighted by Crippen LogP contribution is -2.28. The third-order valence-electron chi connectivity index (χ3n) is 1.96. The second-order valence-electron chi connectivity index (χ2n) is 2.95. The fourth-order valence-corrected chi connectivity index (χ4v) is 2.63. The fourth-order valence-electron chi connectivity index (χ4n) is 1.22. The van der Waals surface area contributed by atoms with Crippen LogP contribution in [0.25, 0.3) is 6.08 Å². The number of nitrogens with zero attached hydrogens (tertiary/aromatic N) is 1. The van der Waals surface area contributed by atoms with Gasteiger partial charge >= 0.3 is 0 Å². The smallest absolute Gasteiger partial charge is 0.269 e. The van der Waals surface area contributed by atoms with Crippen LogP contribution in [-0.2, 0) is 4.79 Å². The van der Waals surface area contributed by atoms with Crippen molar-refractivity contribution in [3.8, 4) is 0 Å². The molecule has 2 rings (SSSR count). The molecule has 0 radical (unpaired) electrons. The van der Waals surface area contributed by atoms with Crippen LogP contribution in [0.15, 0.2) is 23.6 Å². The maximum Gasteiger partial charge on any atom is 0.288 e. The lowest BCUT2D eigenvalue weighted by atomic mass is 10.4. The highest BCUT2D eigenvalue weighted by molar-refractivity contribution is 8.13. The van der Waals surface area contributed by atoms with Crippen molar-refractivity contribution in [3.63, 3.8) is 0 Å². The number of imide groups is 1. The van der Waals surface area contributed by atoms with Gasteiger partial charge in [-0.15, -0.1) is 11.3 Å². The Labute approximate surface area is 95.8 Å². The molecule has 2 heterocycles. The van der Waals surface area contributed by atoms with Gasteiger partial charge in [0.05, 0.1) is 0 Å². The van der Waals surface area contributed by atoms with E-state index in [9.17, 15) is 9.59 Å². The summed E-state index contributed by atoms with van der Waals surface area (Å²) in [7, 11) is 0. The molecule has 78 valence electrons. The van der Waals surface area contributed by atoms with Crippen LogP contribution in [-0.4, -0.2) is 28.3 Å². The summed E-state index contributed by atoms with van der Waals surface area (Å²) in [6, 6.07) is 3.85. The Morgan fingerprint density at radius 1 is 1.53 bits per heavy atom. The molecule has 5 heteroatoms. The molecular formula is C10H9NO2S2. The minimum atomic E-state index is -0.224. The summed E-state index contributed by atoms with van der Waals surface area (Å²) in [5.41, 5.74) is 0. The molecule has 0 spiro atoms. The van der Waals surface area contributed by atoms with Crippen LogP contribution in [0.4, 0.5) is 4.79 Å². The van der Waals surface area contributed by atoms with Crippen molar-refractivity contribution in [2.24, 2.45) is 0 Å². The second-order valence-corrected chi connectivity index (χ2v) is 4.98. The number of hydrogen-bond donors (Lipinski definition) is 0. The van der Waals surface area contributed by atoms with Gasteiger partial charge in [0.15, 0.2) is 0 Å². The van der Waals surface area contributed by atoms with Crippen molar-refractivity contribution in [1.82, 2.24) is 4.90 Å². The van der Waals surface area contributed by atoms with Gasteiger partial charge in [0.1, 0.15) is 0 Å². The van der Waals surface area contributed by atoms with Crippen LogP contribution in [0.3, 0.4) is 0 Å². The van der Waals surface area contributed by atoms with E-state index in [0.717, 1.165) is 4.88 Å². The molecule has 3 nitrogen and oxygen atoms in total. The summed E-state index contributed by atoms with van der Waals surface area (Å²) >= 11 is 2.75. The van der Waals surface area contributed by atoms with Crippen LogP contribution in [0.1, 0.15) is 4.88 Å². The zero-order chi connectivity index (χ0) is 10.7. The Hall–Kier alpha value is -1.07. The first-order valence-electron chi connectivity index (χ1n) is 4.47. The van der Waals surface area contributed by atoms with Gasteiger partial charge in [0, 0.05) is 23.3 Å². The number of hydrogen-bond acceptors (Lipinski definition) is 4. The zero-order valence-corrected chi connectivity index (χ0v) is 9.51. The monoisotopic (exact) mass is 239 g/mol. The second kappa shape index (κ2) is 4.63. The van der Waals surface area contributed by atoms with Crippen LogP contribution >= 0.6 is 23.1 Å². The topological polar surface area (TPSA) is 37.4 Å². The summed E-state index contributed by atoms with van der Waals surface area (Å²) in [5, 5.41) is 1.80. The van der Waals surface area contributed by atoms with Crippen molar-refractivity contribution in [3.05, 3.63) is 28.5 Å². The Balaban J connectivity index is 2.00. The molecule has 0 aliphatic carbocycles. The molecule has 0 unspecified atom stereocenters. The third-order valence-corrected chi connectivity index (χ3v) is 3.65. The van der Waals surface area contributed by atoms with E-state index in [-0.39, 0.29) is 11.1 Å². The quantitative estimate of drug-likeness (QED) is 0.744. The van der Waals surface area contributed by atoms with Gasteiger partial charge in [-0.05, 0) is 17.5 Å². The van der Waals surface area contributed by atoms with Crippen molar-refractivity contribution in [2.45, 2.75) is 0 Å². The summed E-state index contributed by atoms with van der Waals surface area (Å²) in [5.74, 6) is 0.482. The van der Waals surface area contributed by atoms with E-state index in [1.807, 2.05) is 17.5 Å². The highest BCUT2D eigenvalue weighted by Crippen LogP contribution is 2.18. The number of carbonyl (C=O) groups is 2. The molecular weight excluding hydrogens is 230 g/mol. The number of rotatable bonds is 2. The van der Waals surface area contributed by atoms with Crippen LogP contribution in [0.2, 0.25) is 0 Å². The first-order chi connectivity index (χ1) is 7.27. The summed E-state index contributed by atoms with van der Waals surface area (Å²) in [4.78, 5) is 25.1. The molecule has 0 saturated carbocycles. The van der Waals surface area contributed by atoms with Gasteiger partial charge in [-0.25, -0.2) is 0 Å². The van der Waals surface area contributed by atoms with E-state index in [4.69, 9.17) is 0 Å². The predicted octanol–water partition coefficient (Wildman–Crippen LogP) is 2.46. The molecule has 1 saturated heterocycles. The van der Waals surface area contributed by atoms with Crippen molar-refractivity contribution in [2.75, 3.05) is 12.3 Å². The van der Waals surface area contributed by atoms with Gasteiger partial charge in [-0.2, -0.15) is 0 Å². The Morgan fingerprint density at radius 3 is 3.00 bits per heavy atom. The molecule has 0 aromatic carbocycles. The van der Waals surface area contributed by atoms with Crippen LogP contribution < -0.4 is 0 Å². The van der Waals surface area contributed by atoms with Crippen LogP contribution in [0, 0.1) is 0 Å². The fraction of sp³-hybridized carbons (Fsp3) is 0.200. The predicted molar refractivity (Wildman–Crippen MR) is 62.9 cm³/mol. The van der Waals surface area contributed by atoms with Gasteiger partial charge in [0.2, 0.25) is 0 Å². The van der Waals surface area contributed by atoms with E-state index >= 15 is 0 Å². The van der Waals surface area contributed by atoms with Gasteiger partial charge < -0.3 is 0 Å². The van der Waals surface area contributed by atoms with Crippen molar-refractivity contribution >= 4 is 40.3 Å². The molecule has 1 aromatic rings. The molecule has 1 fully saturated rings. The van der Waals surface area contributed by atoms with E-state index in [1.54, 1.807) is 17.4 Å². The zero-order valence-electron chi connectivity index (χ0n) is 7.88. The molecule has 1 aliphatic rings. The van der Waals surface area contributed by atoms with E-state index in [2.05, 4.69) is 0 Å². The average molecular weight is 239 g/mol. The molecule has 1 aromatic heterocycles. The highest BCUT2D eigenvalue weighted by Gasteiger charge is 2.25. The van der Waals surface area contributed by atoms with E-state index in [1.165, 1.54) is 22.7 Å². The number of thiophene rings is 1. The Bertz CT molecular complexity index is 398. The Kier molecular flexibility index (Phi) is 3.23. The first kappa shape index (κ1) is 10.4. The molecule has 2 amide bonds. The SMILES string of the molecule is O=C(C=Cc1cccs1)N1CCSC1=O. The van der Waals surface area contributed by atoms with Gasteiger partial charge in [0.25, 0.3) is 11.1 Å². The van der Waals surface area contributed by atoms with Gasteiger partial charge in [-0.3, -0.25) is 14.5 Å². The third kappa shape index (κ3) is 2.49. The number of thioether (sulfide) groups is 1. The maximum atomic E-state index is 11.6. The van der Waals surface area contributed by atoms with Gasteiger partial charge in [-0.1, -0.05) is 17.8 Å². The van der Waals surface area contributed by atoms with E-state index in [0.29, 0.717) is 12.3 Å². The number of amides is 2. The maximum absolute atomic E-state index is 11.6. The van der Waals surface area contributed by atoms with Crippen LogP contribution in [0.5, 0.6) is 0 Å².